The van der Waals surface area contributed by atoms with Crippen molar-refractivity contribution in [3.05, 3.63) is 43.4 Å². The zero-order valence-corrected chi connectivity index (χ0v) is 6.33. The molecule has 0 saturated carbocycles. The molecule has 2 rings (SSSR count). The van der Waals surface area contributed by atoms with Gasteiger partial charge in [-0.15, -0.1) is 0 Å². The zero-order chi connectivity index (χ0) is 8.23. The maximum absolute atomic E-state index is 4.07. The lowest BCUT2D eigenvalue weighted by Gasteiger charge is -1.91. The molecule has 2 aromatic heterocycles. The second kappa shape index (κ2) is 3.04. The van der Waals surface area contributed by atoms with E-state index in [0.717, 1.165) is 5.82 Å². The lowest BCUT2D eigenvalue weighted by molar-refractivity contribution is -0.600. The number of rotatable bonds is 1. The Labute approximate surface area is 69.6 Å². The Kier molecular flexibility index (Phi) is 1.74. The van der Waals surface area contributed by atoms with Gasteiger partial charge in [-0.05, 0) is 4.98 Å². The van der Waals surface area contributed by atoms with Crippen molar-refractivity contribution in [1.29, 1.82) is 0 Å². The van der Waals surface area contributed by atoms with Gasteiger partial charge in [-0.25, -0.2) is 9.55 Å². The molecule has 0 aromatic carbocycles. The monoisotopic (exact) mass is 159 g/mol. The molecule has 0 aliphatic heterocycles. The minimum atomic E-state index is 0.840. The molecule has 0 aliphatic rings. The van der Waals surface area contributed by atoms with Crippen molar-refractivity contribution in [1.82, 2.24) is 15.0 Å². The molecule has 58 valence electrons. The van der Waals surface area contributed by atoms with Gasteiger partial charge in [0, 0.05) is 6.20 Å². The number of nitrogens with zero attached hydrogens (tertiary/aromatic N) is 4. The fourth-order valence-electron chi connectivity index (χ4n) is 0.909. The predicted octanol–water partition coefficient (Wildman–Crippen LogP) is 0.148. The van der Waals surface area contributed by atoms with E-state index in [9.17, 15) is 0 Å². The molecule has 2 aromatic rings. The first-order valence-electron chi connectivity index (χ1n) is 3.54. The van der Waals surface area contributed by atoms with Gasteiger partial charge in [0.2, 0.25) is 6.33 Å². The van der Waals surface area contributed by atoms with Crippen molar-refractivity contribution in [3.8, 4) is 5.82 Å². The van der Waals surface area contributed by atoms with Crippen LogP contribution in [0.2, 0.25) is 0 Å². The Balaban J connectivity index is 2.46. The van der Waals surface area contributed by atoms with Gasteiger partial charge in [-0.1, -0.05) is 0 Å². The summed E-state index contributed by atoms with van der Waals surface area (Å²) in [6.45, 7) is 0. The first kappa shape index (κ1) is 6.84. The maximum Gasteiger partial charge on any atom is 0.331 e. The minimum absolute atomic E-state index is 0.840. The maximum atomic E-state index is 4.07. The van der Waals surface area contributed by atoms with Crippen LogP contribution < -0.4 is 4.57 Å². The predicted molar refractivity (Wildman–Crippen MR) is 41.4 cm³/mol. The van der Waals surface area contributed by atoms with Gasteiger partial charge in [0.05, 0.1) is 18.5 Å². The quantitative estimate of drug-likeness (QED) is 0.556. The van der Waals surface area contributed by atoms with E-state index in [0.29, 0.717) is 0 Å². The van der Waals surface area contributed by atoms with Crippen LogP contribution in [0.5, 0.6) is 0 Å². The SMILES string of the molecule is c1c[n+](-c2ccncn2)ccn1. The largest absolute Gasteiger partial charge is 0.331 e. The van der Waals surface area contributed by atoms with Crippen molar-refractivity contribution in [2.75, 3.05) is 0 Å². The smallest absolute Gasteiger partial charge is 0.257 e. The van der Waals surface area contributed by atoms with Crippen LogP contribution in [0.15, 0.2) is 43.4 Å². The normalized spacial score (nSPS) is 9.67. The highest BCUT2D eigenvalue weighted by Gasteiger charge is 2.02. The van der Waals surface area contributed by atoms with Crippen LogP contribution in [0.1, 0.15) is 0 Å². The molecule has 12 heavy (non-hydrogen) atoms. The van der Waals surface area contributed by atoms with Gasteiger partial charge in [-0.3, -0.25) is 4.98 Å². The molecular formula is C8H7N4+. The summed E-state index contributed by atoms with van der Waals surface area (Å²) in [5.74, 6) is 0.840. The van der Waals surface area contributed by atoms with Crippen LogP contribution in [-0.4, -0.2) is 15.0 Å². The van der Waals surface area contributed by atoms with Gasteiger partial charge in [-0.2, -0.15) is 0 Å². The van der Waals surface area contributed by atoms with E-state index in [2.05, 4.69) is 15.0 Å². The Morgan fingerprint density at radius 3 is 2.50 bits per heavy atom. The van der Waals surface area contributed by atoms with E-state index in [4.69, 9.17) is 0 Å². The highest BCUT2D eigenvalue weighted by molar-refractivity contribution is 5.04. The molecule has 0 amide bonds. The van der Waals surface area contributed by atoms with Crippen LogP contribution in [-0.2, 0) is 0 Å². The standard InChI is InChI=1S/C8H7N4/c1-2-10-7-11-8(1)12-5-3-9-4-6-12/h1-7H/q+1. The summed E-state index contributed by atoms with van der Waals surface area (Å²) in [6.07, 6.45) is 10.3. The van der Waals surface area contributed by atoms with Crippen molar-refractivity contribution >= 4 is 0 Å². The average molecular weight is 159 g/mol. The molecule has 0 bridgehead atoms. The first-order valence-corrected chi connectivity index (χ1v) is 3.54. The van der Waals surface area contributed by atoms with E-state index in [1.807, 2.05) is 23.0 Å². The molecule has 0 radical (unpaired) electrons. The summed E-state index contributed by atoms with van der Waals surface area (Å²) in [5.41, 5.74) is 0. The lowest BCUT2D eigenvalue weighted by atomic mass is 10.5. The van der Waals surface area contributed by atoms with Crippen molar-refractivity contribution in [3.63, 3.8) is 0 Å². The molecule has 0 unspecified atom stereocenters. The molecule has 0 N–H and O–H groups in total. The second-order valence-electron chi connectivity index (χ2n) is 2.22. The van der Waals surface area contributed by atoms with E-state index in [-0.39, 0.29) is 0 Å². The lowest BCUT2D eigenvalue weighted by Crippen LogP contribution is -2.30. The van der Waals surface area contributed by atoms with Crippen LogP contribution in [0, 0.1) is 0 Å². The molecule has 4 nitrogen and oxygen atoms in total. The fraction of sp³-hybridized carbons (Fsp3) is 0. The van der Waals surface area contributed by atoms with Crippen LogP contribution >= 0.6 is 0 Å². The summed E-state index contributed by atoms with van der Waals surface area (Å²) in [5, 5.41) is 0. The zero-order valence-electron chi connectivity index (χ0n) is 6.33. The molecule has 4 heteroatoms. The van der Waals surface area contributed by atoms with E-state index in [1.165, 1.54) is 6.33 Å². The molecule has 0 spiro atoms. The fourth-order valence-corrected chi connectivity index (χ4v) is 0.909. The Morgan fingerprint density at radius 1 is 1.00 bits per heavy atom. The van der Waals surface area contributed by atoms with Gasteiger partial charge in [0.25, 0.3) is 0 Å². The van der Waals surface area contributed by atoms with E-state index >= 15 is 0 Å². The number of aromatic nitrogens is 4. The molecule has 0 atom stereocenters. The van der Waals surface area contributed by atoms with Gasteiger partial charge >= 0.3 is 5.82 Å². The van der Waals surface area contributed by atoms with E-state index < -0.39 is 0 Å². The molecule has 0 saturated heterocycles. The summed E-state index contributed by atoms with van der Waals surface area (Å²) < 4.78 is 1.87. The van der Waals surface area contributed by atoms with Crippen LogP contribution in [0.4, 0.5) is 0 Å². The molecule has 0 aliphatic carbocycles. The van der Waals surface area contributed by atoms with Gasteiger partial charge < -0.3 is 0 Å². The summed E-state index contributed by atoms with van der Waals surface area (Å²) >= 11 is 0. The average Bonchev–Trinajstić information content (AvgIpc) is 2.21. The Bertz CT molecular complexity index is 308. The summed E-state index contributed by atoms with van der Waals surface area (Å²) in [7, 11) is 0. The highest BCUT2D eigenvalue weighted by atomic mass is 15.1. The van der Waals surface area contributed by atoms with Crippen molar-refractivity contribution < 1.29 is 4.57 Å². The van der Waals surface area contributed by atoms with Crippen LogP contribution in [0.3, 0.4) is 0 Å². The topological polar surface area (TPSA) is 42.5 Å². The third-order valence-corrected chi connectivity index (χ3v) is 1.46. The molecular weight excluding hydrogens is 152 g/mol. The second-order valence-corrected chi connectivity index (χ2v) is 2.22. The van der Waals surface area contributed by atoms with Crippen molar-refractivity contribution in [2.24, 2.45) is 0 Å². The number of hydrogen-bond acceptors (Lipinski definition) is 3. The van der Waals surface area contributed by atoms with Crippen molar-refractivity contribution in [2.45, 2.75) is 0 Å². The van der Waals surface area contributed by atoms with Gasteiger partial charge in [0.1, 0.15) is 12.4 Å². The highest BCUT2D eigenvalue weighted by Crippen LogP contribution is 1.87. The first-order chi connectivity index (χ1) is 5.97. The Morgan fingerprint density at radius 2 is 1.83 bits per heavy atom. The third kappa shape index (κ3) is 1.27. The number of hydrogen-bond donors (Lipinski definition) is 0. The molecule has 0 fully saturated rings. The minimum Gasteiger partial charge on any atom is -0.257 e. The Hall–Kier alpha value is -1.84. The van der Waals surface area contributed by atoms with Gasteiger partial charge in [0.15, 0.2) is 0 Å². The summed E-state index contributed by atoms with van der Waals surface area (Å²) in [4.78, 5) is 11.8. The third-order valence-electron chi connectivity index (χ3n) is 1.46. The summed E-state index contributed by atoms with van der Waals surface area (Å²) in [6, 6.07) is 1.83. The molecule has 2 heterocycles. The van der Waals surface area contributed by atoms with Crippen LogP contribution in [0.25, 0.3) is 5.82 Å². The van der Waals surface area contributed by atoms with E-state index in [1.54, 1.807) is 18.6 Å².